The third kappa shape index (κ3) is 0.417. The normalized spacial score (nSPS) is 80.3. The predicted molar refractivity (Wildman–Crippen MR) is 54.9 cm³/mol. The second-order valence-electron chi connectivity index (χ2n) is 6.37. The van der Waals surface area contributed by atoms with E-state index in [1.165, 1.54) is 6.42 Å². The van der Waals surface area contributed by atoms with Crippen LogP contribution in [0.1, 0.15) is 13.3 Å². The molecule has 0 saturated heterocycles. The topological polar surface area (TPSA) is 17.1 Å². The van der Waals surface area contributed by atoms with Gasteiger partial charge in [0.25, 0.3) is 0 Å². The molecule has 0 aromatic heterocycles. The molecular formula is C12H13BrO. The molecule has 0 amide bonds. The Morgan fingerprint density at radius 3 is 2.79 bits per heavy atom. The van der Waals surface area contributed by atoms with Gasteiger partial charge >= 0.3 is 0 Å². The summed E-state index contributed by atoms with van der Waals surface area (Å²) in [6, 6.07) is 0. The van der Waals surface area contributed by atoms with E-state index in [2.05, 4.69) is 22.9 Å². The highest BCUT2D eigenvalue weighted by atomic mass is 79.9. The van der Waals surface area contributed by atoms with Crippen LogP contribution in [0.2, 0.25) is 0 Å². The molecule has 9 atom stereocenters. The van der Waals surface area contributed by atoms with Crippen LogP contribution in [-0.2, 0) is 4.79 Å². The lowest BCUT2D eigenvalue weighted by Gasteiger charge is -2.49. The first-order valence-corrected chi connectivity index (χ1v) is 6.66. The Balaban J connectivity index is 1.87. The summed E-state index contributed by atoms with van der Waals surface area (Å²) >= 11 is 3.97. The number of hydrogen-bond donors (Lipinski definition) is 0. The zero-order valence-electron chi connectivity index (χ0n) is 8.11. The molecule has 5 fully saturated rings. The lowest BCUT2D eigenvalue weighted by Crippen LogP contribution is -2.53. The second kappa shape index (κ2) is 1.66. The number of halogens is 1. The van der Waals surface area contributed by atoms with Crippen LogP contribution in [0, 0.1) is 47.3 Å². The van der Waals surface area contributed by atoms with Gasteiger partial charge in [0.05, 0.1) is 0 Å². The quantitative estimate of drug-likeness (QED) is 0.604. The number of hydrogen-bond acceptors (Lipinski definition) is 1. The smallest absolute Gasteiger partial charge is 0.140 e. The molecule has 0 aromatic carbocycles. The molecule has 0 N–H and O–H groups in total. The van der Waals surface area contributed by atoms with Gasteiger partial charge in [0.1, 0.15) is 5.78 Å². The Morgan fingerprint density at radius 1 is 1.21 bits per heavy atom. The molecule has 0 radical (unpaired) electrons. The largest absolute Gasteiger partial charge is 0.299 e. The van der Waals surface area contributed by atoms with Gasteiger partial charge in [0.15, 0.2) is 0 Å². The average Bonchev–Trinajstić information content (AvgIpc) is 2.52. The van der Waals surface area contributed by atoms with Crippen molar-refractivity contribution in [1.82, 2.24) is 0 Å². The summed E-state index contributed by atoms with van der Waals surface area (Å²) in [5.74, 6) is 6.61. The molecule has 5 saturated carbocycles. The fourth-order valence-electron chi connectivity index (χ4n) is 6.54. The first-order valence-electron chi connectivity index (χ1n) is 5.86. The standard InChI is InChI=1S/C12H13BrO/c1-12(13)9-4-2-3-5-6(4)10(12)8(5)11(14)7(3)9/h3-10H,2H2,1H3/t3-,4+,5-,6+,7-,8+,9+,10-,12+/m0/s1. The first-order chi connectivity index (χ1) is 6.64. The minimum absolute atomic E-state index is 0.327. The van der Waals surface area contributed by atoms with Crippen molar-refractivity contribution in [3.63, 3.8) is 0 Å². The Hall–Kier alpha value is 0.150. The third-order valence-corrected chi connectivity index (χ3v) is 7.52. The van der Waals surface area contributed by atoms with Crippen LogP contribution >= 0.6 is 15.9 Å². The van der Waals surface area contributed by atoms with E-state index in [0.717, 1.165) is 29.6 Å². The van der Waals surface area contributed by atoms with Crippen LogP contribution in [0.4, 0.5) is 0 Å². The summed E-state index contributed by atoms with van der Waals surface area (Å²) in [6.45, 7) is 2.37. The van der Waals surface area contributed by atoms with Gasteiger partial charge in [0, 0.05) is 16.2 Å². The summed E-state index contributed by atoms with van der Waals surface area (Å²) in [5.41, 5.74) is 0. The van der Waals surface area contributed by atoms with Crippen molar-refractivity contribution in [3.8, 4) is 0 Å². The molecule has 1 nitrogen and oxygen atoms in total. The molecule has 5 aliphatic carbocycles. The molecule has 0 aliphatic heterocycles. The Bertz CT molecular complexity index is 388. The molecule has 14 heavy (non-hydrogen) atoms. The maximum atomic E-state index is 12.2. The molecule has 0 heterocycles. The summed E-state index contributed by atoms with van der Waals surface area (Å²) in [6.07, 6.45) is 1.39. The highest BCUT2D eigenvalue weighted by molar-refractivity contribution is 9.10. The van der Waals surface area contributed by atoms with Gasteiger partial charge in [-0.3, -0.25) is 4.79 Å². The van der Waals surface area contributed by atoms with Gasteiger partial charge in [-0.2, -0.15) is 0 Å². The first kappa shape index (κ1) is 7.43. The maximum absolute atomic E-state index is 12.2. The van der Waals surface area contributed by atoms with Crippen molar-refractivity contribution in [2.24, 2.45) is 47.3 Å². The monoisotopic (exact) mass is 252 g/mol. The minimum atomic E-state index is 0.327. The van der Waals surface area contributed by atoms with E-state index in [0.29, 0.717) is 27.9 Å². The molecule has 5 rings (SSSR count). The number of ketones is 1. The Morgan fingerprint density at radius 2 is 2.00 bits per heavy atom. The lowest BCUT2D eigenvalue weighted by atomic mass is 9.57. The van der Waals surface area contributed by atoms with Crippen molar-refractivity contribution in [3.05, 3.63) is 0 Å². The highest BCUT2D eigenvalue weighted by Gasteiger charge is 2.86. The fraction of sp³-hybridized carbons (Fsp3) is 0.917. The van der Waals surface area contributed by atoms with Gasteiger partial charge < -0.3 is 0 Å². The summed E-state index contributed by atoms with van der Waals surface area (Å²) < 4.78 is 0.327. The van der Waals surface area contributed by atoms with Crippen molar-refractivity contribution in [2.45, 2.75) is 17.7 Å². The van der Waals surface area contributed by atoms with E-state index >= 15 is 0 Å². The summed E-state index contributed by atoms with van der Waals surface area (Å²) in [7, 11) is 0. The van der Waals surface area contributed by atoms with Gasteiger partial charge in [-0.1, -0.05) is 15.9 Å². The van der Waals surface area contributed by atoms with E-state index in [-0.39, 0.29) is 0 Å². The average molecular weight is 253 g/mol. The van der Waals surface area contributed by atoms with Crippen molar-refractivity contribution < 1.29 is 4.79 Å². The molecule has 0 spiro atoms. The number of alkyl halides is 1. The third-order valence-electron chi connectivity index (χ3n) is 6.46. The summed E-state index contributed by atoms with van der Waals surface area (Å²) in [4.78, 5) is 12.2. The lowest BCUT2D eigenvalue weighted by molar-refractivity contribution is -0.134. The van der Waals surface area contributed by atoms with E-state index in [1.807, 2.05) is 0 Å². The number of carbonyl (C=O) groups excluding carboxylic acids is 1. The SMILES string of the molecule is C[C@@]1(Br)[C@@H]2[C@@H]3C[C@@H]4[C@@H]2C(=O)[C@@H]2[C@@H]4[C@@H]3[C@@H]21. The molecule has 0 aromatic rings. The van der Waals surface area contributed by atoms with Crippen molar-refractivity contribution >= 4 is 21.7 Å². The molecule has 0 unspecified atom stereocenters. The molecule has 2 bridgehead atoms. The van der Waals surface area contributed by atoms with Crippen LogP contribution < -0.4 is 0 Å². The number of carbonyl (C=O) groups is 1. The molecular weight excluding hydrogens is 240 g/mol. The zero-order chi connectivity index (χ0) is 9.40. The summed E-state index contributed by atoms with van der Waals surface area (Å²) in [5, 5.41) is 0. The zero-order valence-corrected chi connectivity index (χ0v) is 9.70. The van der Waals surface area contributed by atoms with Crippen molar-refractivity contribution in [2.75, 3.05) is 0 Å². The van der Waals surface area contributed by atoms with Crippen LogP contribution in [0.25, 0.3) is 0 Å². The van der Waals surface area contributed by atoms with Gasteiger partial charge in [-0.05, 0) is 48.9 Å². The molecule has 5 aliphatic rings. The van der Waals surface area contributed by atoms with Crippen LogP contribution in [0.3, 0.4) is 0 Å². The molecule has 2 heteroatoms. The van der Waals surface area contributed by atoms with Gasteiger partial charge in [-0.25, -0.2) is 0 Å². The number of rotatable bonds is 0. The van der Waals surface area contributed by atoms with Gasteiger partial charge in [0.2, 0.25) is 0 Å². The number of Topliss-reactive ketones (excluding diaryl/α,β-unsaturated/α-hetero) is 1. The van der Waals surface area contributed by atoms with E-state index < -0.39 is 0 Å². The Kier molecular flexibility index (Phi) is 0.883. The minimum Gasteiger partial charge on any atom is -0.299 e. The maximum Gasteiger partial charge on any atom is 0.140 e. The van der Waals surface area contributed by atoms with Crippen LogP contribution in [0.15, 0.2) is 0 Å². The second-order valence-corrected chi connectivity index (χ2v) is 8.08. The van der Waals surface area contributed by atoms with Crippen LogP contribution in [0.5, 0.6) is 0 Å². The van der Waals surface area contributed by atoms with E-state index in [4.69, 9.17) is 0 Å². The van der Waals surface area contributed by atoms with E-state index in [9.17, 15) is 4.79 Å². The fourth-order valence-corrected chi connectivity index (χ4v) is 7.76. The van der Waals surface area contributed by atoms with Gasteiger partial charge in [-0.15, -0.1) is 0 Å². The molecule has 74 valence electrons. The van der Waals surface area contributed by atoms with Crippen LogP contribution in [-0.4, -0.2) is 10.1 Å². The van der Waals surface area contributed by atoms with E-state index in [1.54, 1.807) is 0 Å². The number of fused-ring (bicyclic) bond motifs is 2. The Labute approximate surface area is 91.8 Å². The highest BCUT2D eigenvalue weighted by Crippen LogP contribution is 2.85. The van der Waals surface area contributed by atoms with Crippen molar-refractivity contribution in [1.29, 1.82) is 0 Å². The predicted octanol–water partition coefficient (Wildman–Crippen LogP) is 2.10.